The first-order valence-electron chi connectivity index (χ1n) is 8.67. The Hall–Kier alpha value is -2.05. The van der Waals surface area contributed by atoms with Crippen LogP contribution in [-0.4, -0.2) is 49.3 Å². The van der Waals surface area contributed by atoms with E-state index in [0.29, 0.717) is 18.1 Å². The molecule has 0 aliphatic carbocycles. The van der Waals surface area contributed by atoms with E-state index in [-0.39, 0.29) is 6.79 Å². The number of rotatable bonds is 9. The second-order valence-corrected chi connectivity index (χ2v) is 7.01. The summed E-state index contributed by atoms with van der Waals surface area (Å²) in [6.07, 6.45) is 3.51. The molecular weight excluding hydrogens is 318 g/mol. The fourth-order valence-corrected chi connectivity index (χ4v) is 2.74. The Balaban J connectivity index is 2.01. The fourth-order valence-electron chi connectivity index (χ4n) is 2.74. The van der Waals surface area contributed by atoms with E-state index in [0.717, 1.165) is 23.9 Å². The Kier molecular flexibility index (Phi) is 6.84. The maximum Gasteiger partial charge on any atom is 0.325 e. The molecule has 1 aromatic heterocycles. The maximum absolute atomic E-state index is 11.9. The molecule has 6 nitrogen and oxygen atoms in total. The van der Waals surface area contributed by atoms with E-state index in [2.05, 4.69) is 9.88 Å². The first-order chi connectivity index (χ1) is 11.9. The molecule has 1 aromatic carbocycles. The van der Waals surface area contributed by atoms with Crippen LogP contribution in [0.1, 0.15) is 25.8 Å². The lowest BCUT2D eigenvalue weighted by molar-refractivity contribution is -0.152. The van der Waals surface area contributed by atoms with Gasteiger partial charge in [-0.15, -0.1) is 0 Å². The van der Waals surface area contributed by atoms with Crippen molar-refractivity contribution in [1.82, 2.24) is 9.88 Å². The third-order valence-electron chi connectivity index (χ3n) is 4.02. The van der Waals surface area contributed by atoms with Gasteiger partial charge < -0.3 is 25.1 Å². The summed E-state index contributed by atoms with van der Waals surface area (Å²) in [6, 6.07) is 5.20. The van der Waals surface area contributed by atoms with Crippen LogP contribution in [0.4, 0.5) is 0 Å². The largest absolute Gasteiger partial charge is 0.457 e. The summed E-state index contributed by atoms with van der Waals surface area (Å²) in [5, 5.41) is 1.03. The SMILES string of the molecule is CC(C)C[C@H](N)C(=O)OCOc1cccc2[nH]cc(CCN(C)C)c12. The molecule has 138 valence electrons. The van der Waals surface area contributed by atoms with Gasteiger partial charge in [-0.25, -0.2) is 0 Å². The van der Waals surface area contributed by atoms with Crippen molar-refractivity contribution in [3.63, 3.8) is 0 Å². The molecular formula is C19H29N3O3. The highest BCUT2D eigenvalue weighted by atomic mass is 16.7. The van der Waals surface area contributed by atoms with Gasteiger partial charge in [0.1, 0.15) is 11.8 Å². The van der Waals surface area contributed by atoms with E-state index < -0.39 is 12.0 Å². The molecule has 0 saturated heterocycles. The van der Waals surface area contributed by atoms with Crippen LogP contribution in [0.15, 0.2) is 24.4 Å². The molecule has 0 aliphatic heterocycles. The van der Waals surface area contributed by atoms with E-state index in [1.54, 1.807) is 0 Å². The van der Waals surface area contributed by atoms with Gasteiger partial charge in [-0.05, 0) is 50.6 Å². The first-order valence-corrected chi connectivity index (χ1v) is 8.67. The number of carbonyl (C=O) groups excluding carboxylic acids is 1. The summed E-state index contributed by atoms with van der Waals surface area (Å²) in [5.41, 5.74) is 8.01. The maximum atomic E-state index is 11.9. The first kappa shape index (κ1) is 19.3. The number of nitrogens with two attached hydrogens (primary N) is 1. The van der Waals surface area contributed by atoms with Crippen LogP contribution in [0, 0.1) is 5.92 Å². The topological polar surface area (TPSA) is 80.6 Å². The smallest absolute Gasteiger partial charge is 0.325 e. The number of esters is 1. The van der Waals surface area contributed by atoms with Crippen molar-refractivity contribution in [2.24, 2.45) is 11.7 Å². The average Bonchev–Trinajstić information content (AvgIpc) is 2.96. The van der Waals surface area contributed by atoms with Gasteiger partial charge in [0.05, 0.1) is 0 Å². The molecule has 0 aliphatic rings. The van der Waals surface area contributed by atoms with Crippen molar-refractivity contribution < 1.29 is 14.3 Å². The molecule has 1 heterocycles. The minimum Gasteiger partial charge on any atom is -0.457 e. The van der Waals surface area contributed by atoms with Gasteiger partial charge in [0.15, 0.2) is 0 Å². The molecule has 2 aromatic rings. The van der Waals surface area contributed by atoms with Crippen LogP contribution in [0.3, 0.4) is 0 Å². The summed E-state index contributed by atoms with van der Waals surface area (Å²) in [6.45, 7) is 4.85. The summed E-state index contributed by atoms with van der Waals surface area (Å²) in [7, 11) is 4.10. The molecule has 0 unspecified atom stereocenters. The monoisotopic (exact) mass is 347 g/mol. The average molecular weight is 347 g/mol. The van der Waals surface area contributed by atoms with Crippen molar-refractivity contribution in [3.8, 4) is 5.75 Å². The fraction of sp³-hybridized carbons (Fsp3) is 0.526. The third kappa shape index (κ3) is 5.47. The zero-order valence-corrected chi connectivity index (χ0v) is 15.5. The minimum absolute atomic E-state index is 0.137. The Morgan fingerprint density at radius 1 is 1.32 bits per heavy atom. The van der Waals surface area contributed by atoms with Gasteiger partial charge >= 0.3 is 5.97 Å². The van der Waals surface area contributed by atoms with Crippen molar-refractivity contribution >= 4 is 16.9 Å². The number of nitrogens with one attached hydrogen (secondary N) is 1. The highest BCUT2D eigenvalue weighted by Gasteiger charge is 2.17. The van der Waals surface area contributed by atoms with Crippen molar-refractivity contribution in [1.29, 1.82) is 0 Å². The Labute approximate surface area is 149 Å². The predicted octanol–water partition coefficient (Wildman–Crippen LogP) is 2.52. The van der Waals surface area contributed by atoms with E-state index in [1.165, 1.54) is 5.56 Å². The zero-order valence-electron chi connectivity index (χ0n) is 15.5. The van der Waals surface area contributed by atoms with Crippen molar-refractivity contribution in [2.75, 3.05) is 27.4 Å². The van der Waals surface area contributed by atoms with Crippen LogP contribution < -0.4 is 10.5 Å². The summed E-state index contributed by atoms with van der Waals surface area (Å²) < 4.78 is 10.9. The Bertz CT molecular complexity index is 694. The van der Waals surface area contributed by atoms with Gasteiger partial charge in [-0.2, -0.15) is 0 Å². The summed E-state index contributed by atoms with van der Waals surface area (Å²) >= 11 is 0. The number of hydrogen-bond donors (Lipinski definition) is 2. The minimum atomic E-state index is -0.609. The number of fused-ring (bicyclic) bond motifs is 1. The van der Waals surface area contributed by atoms with Crippen molar-refractivity contribution in [3.05, 3.63) is 30.0 Å². The van der Waals surface area contributed by atoms with E-state index in [4.69, 9.17) is 15.2 Å². The van der Waals surface area contributed by atoms with Gasteiger partial charge in [-0.3, -0.25) is 4.79 Å². The number of aromatic nitrogens is 1. The molecule has 3 N–H and O–H groups in total. The molecule has 0 fully saturated rings. The summed E-state index contributed by atoms with van der Waals surface area (Å²) in [5.74, 6) is 0.622. The number of carbonyl (C=O) groups is 1. The molecule has 1 atom stereocenters. The summed E-state index contributed by atoms with van der Waals surface area (Å²) in [4.78, 5) is 17.3. The van der Waals surface area contributed by atoms with Gasteiger partial charge in [-0.1, -0.05) is 19.9 Å². The standard InChI is InChI=1S/C19H29N3O3/c1-13(2)10-15(20)19(23)25-12-24-17-7-5-6-16-18(17)14(11-21-16)8-9-22(3)4/h5-7,11,13,15,21H,8-10,12,20H2,1-4H3/t15-/m0/s1. The van der Waals surface area contributed by atoms with Gasteiger partial charge in [0.25, 0.3) is 0 Å². The van der Waals surface area contributed by atoms with Crippen LogP contribution in [0.25, 0.3) is 10.9 Å². The van der Waals surface area contributed by atoms with E-state index in [9.17, 15) is 4.79 Å². The van der Waals surface area contributed by atoms with E-state index >= 15 is 0 Å². The van der Waals surface area contributed by atoms with Crippen LogP contribution >= 0.6 is 0 Å². The lowest BCUT2D eigenvalue weighted by atomic mass is 10.1. The lowest BCUT2D eigenvalue weighted by Gasteiger charge is -2.14. The number of H-pyrrole nitrogens is 1. The number of ether oxygens (including phenoxy) is 2. The molecule has 0 radical (unpaired) electrons. The molecule has 0 spiro atoms. The number of aromatic amines is 1. The second-order valence-electron chi connectivity index (χ2n) is 7.01. The highest BCUT2D eigenvalue weighted by molar-refractivity contribution is 5.89. The second kappa shape index (κ2) is 8.87. The molecule has 0 saturated carbocycles. The number of hydrogen-bond acceptors (Lipinski definition) is 5. The predicted molar refractivity (Wildman–Crippen MR) is 99.6 cm³/mol. The zero-order chi connectivity index (χ0) is 18.4. The lowest BCUT2D eigenvalue weighted by Crippen LogP contribution is -2.34. The Morgan fingerprint density at radius 2 is 2.08 bits per heavy atom. The number of nitrogens with zero attached hydrogens (tertiary/aromatic N) is 1. The third-order valence-corrected chi connectivity index (χ3v) is 4.02. The molecule has 25 heavy (non-hydrogen) atoms. The van der Waals surface area contributed by atoms with Crippen LogP contribution in [0.2, 0.25) is 0 Å². The normalized spacial score (nSPS) is 12.8. The van der Waals surface area contributed by atoms with Gasteiger partial charge in [0.2, 0.25) is 6.79 Å². The van der Waals surface area contributed by atoms with Crippen LogP contribution in [-0.2, 0) is 16.0 Å². The van der Waals surface area contributed by atoms with E-state index in [1.807, 2.05) is 52.3 Å². The number of benzene rings is 1. The molecule has 0 amide bonds. The van der Waals surface area contributed by atoms with Crippen molar-refractivity contribution in [2.45, 2.75) is 32.7 Å². The van der Waals surface area contributed by atoms with Gasteiger partial charge in [0, 0.05) is 23.6 Å². The highest BCUT2D eigenvalue weighted by Crippen LogP contribution is 2.29. The van der Waals surface area contributed by atoms with Crippen LogP contribution in [0.5, 0.6) is 5.75 Å². The quantitative estimate of drug-likeness (QED) is 0.538. The molecule has 6 heteroatoms. The Morgan fingerprint density at radius 3 is 2.76 bits per heavy atom. The molecule has 2 rings (SSSR count). The molecule has 0 bridgehead atoms. The number of likely N-dealkylation sites (N-methyl/N-ethyl adjacent to an activating group) is 1.